The van der Waals surface area contributed by atoms with Crippen LogP contribution in [0.4, 0.5) is 19.0 Å². The fourth-order valence-electron chi connectivity index (χ4n) is 2.64. The van der Waals surface area contributed by atoms with Gasteiger partial charge < -0.3 is 4.90 Å². The summed E-state index contributed by atoms with van der Waals surface area (Å²) in [7, 11) is 0. The van der Waals surface area contributed by atoms with E-state index >= 15 is 0 Å². The Morgan fingerprint density at radius 2 is 2.10 bits per heavy atom. The van der Waals surface area contributed by atoms with Gasteiger partial charge in [-0.25, -0.2) is 4.98 Å². The molecule has 1 aliphatic rings. The minimum atomic E-state index is -4.37. The molecule has 0 aromatic carbocycles. The van der Waals surface area contributed by atoms with Crippen LogP contribution in [0.15, 0.2) is 35.8 Å². The number of anilines is 1. The summed E-state index contributed by atoms with van der Waals surface area (Å²) in [6, 6.07) is 6.35. The van der Waals surface area contributed by atoms with Crippen LogP contribution in [0.1, 0.15) is 29.3 Å². The van der Waals surface area contributed by atoms with Gasteiger partial charge in [-0.15, -0.1) is 11.3 Å². The van der Waals surface area contributed by atoms with Crippen LogP contribution in [0, 0.1) is 0 Å². The lowest BCUT2D eigenvalue weighted by Crippen LogP contribution is -2.26. The molecule has 1 atom stereocenters. The second-order valence-electron chi connectivity index (χ2n) is 4.74. The molecule has 2 aromatic rings. The number of rotatable bonds is 2. The van der Waals surface area contributed by atoms with Crippen molar-refractivity contribution in [2.45, 2.75) is 25.1 Å². The maximum Gasteiger partial charge on any atom is 0.419 e. The molecule has 0 saturated carbocycles. The number of alkyl halides is 3. The SMILES string of the molecule is FC(F)(F)c1cccnc1N1CCCC1c1cccs1. The minimum absolute atomic E-state index is 0.00556. The van der Waals surface area contributed by atoms with Crippen LogP contribution >= 0.6 is 11.3 Å². The predicted molar refractivity (Wildman–Crippen MR) is 72.9 cm³/mol. The van der Waals surface area contributed by atoms with Crippen LogP contribution in [-0.4, -0.2) is 11.5 Å². The third-order valence-corrected chi connectivity index (χ3v) is 4.46. The molecule has 1 saturated heterocycles. The molecule has 1 aliphatic heterocycles. The minimum Gasteiger partial charge on any atom is -0.348 e. The van der Waals surface area contributed by atoms with Gasteiger partial charge in [0, 0.05) is 17.6 Å². The lowest BCUT2D eigenvalue weighted by Gasteiger charge is -2.27. The van der Waals surface area contributed by atoms with Gasteiger partial charge in [-0.1, -0.05) is 6.07 Å². The van der Waals surface area contributed by atoms with Crippen molar-refractivity contribution in [3.63, 3.8) is 0 Å². The van der Waals surface area contributed by atoms with Gasteiger partial charge in [0.2, 0.25) is 0 Å². The summed E-state index contributed by atoms with van der Waals surface area (Å²) in [5.41, 5.74) is -0.650. The molecule has 1 unspecified atom stereocenters. The molecule has 20 heavy (non-hydrogen) atoms. The van der Waals surface area contributed by atoms with E-state index in [4.69, 9.17) is 0 Å². The predicted octanol–water partition coefficient (Wildman–Crippen LogP) is 4.50. The Balaban J connectivity index is 2.00. The van der Waals surface area contributed by atoms with Gasteiger partial charge >= 0.3 is 6.18 Å². The van der Waals surface area contributed by atoms with Crippen molar-refractivity contribution in [3.8, 4) is 0 Å². The molecular formula is C14H13F3N2S. The molecule has 3 heterocycles. The number of hydrogen-bond donors (Lipinski definition) is 0. The van der Waals surface area contributed by atoms with Crippen molar-refractivity contribution in [1.82, 2.24) is 4.98 Å². The van der Waals surface area contributed by atoms with Gasteiger partial charge in [0.1, 0.15) is 5.82 Å². The van der Waals surface area contributed by atoms with Gasteiger partial charge in [0.05, 0.1) is 11.6 Å². The molecule has 106 valence electrons. The first-order valence-corrected chi connectivity index (χ1v) is 7.27. The van der Waals surface area contributed by atoms with E-state index in [2.05, 4.69) is 4.98 Å². The summed E-state index contributed by atoms with van der Waals surface area (Å²) in [6.07, 6.45) is -1.19. The average molecular weight is 298 g/mol. The van der Waals surface area contributed by atoms with Gasteiger partial charge in [-0.2, -0.15) is 13.2 Å². The Bertz CT molecular complexity index is 580. The molecule has 0 N–H and O–H groups in total. The van der Waals surface area contributed by atoms with E-state index in [0.717, 1.165) is 23.8 Å². The second-order valence-corrected chi connectivity index (χ2v) is 5.72. The average Bonchev–Trinajstić information content (AvgIpc) is 3.08. The smallest absolute Gasteiger partial charge is 0.348 e. The number of pyridine rings is 1. The van der Waals surface area contributed by atoms with Crippen LogP contribution in [-0.2, 0) is 6.18 Å². The zero-order valence-corrected chi connectivity index (χ0v) is 11.4. The molecule has 0 bridgehead atoms. The summed E-state index contributed by atoms with van der Waals surface area (Å²) in [5, 5.41) is 1.95. The summed E-state index contributed by atoms with van der Waals surface area (Å²) in [5.74, 6) is 0.0518. The van der Waals surface area contributed by atoms with Crippen LogP contribution in [0.2, 0.25) is 0 Å². The number of halogens is 3. The van der Waals surface area contributed by atoms with E-state index in [1.807, 2.05) is 17.5 Å². The zero-order chi connectivity index (χ0) is 14.2. The number of hydrogen-bond acceptors (Lipinski definition) is 3. The molecule has 1 fully saturated rings. The summed E-state index contributed by atoms with van der Waals surface area (Å²) >= 11 is 1.58. The standard InChI is InChI=1S/C14H13F3N2S/c15-14(16,17)10-4-1-7-18-13(10)19-8-2-5-11(19)12-6-3-9-20-12/h1,3-4,6-7,9,11H,2,5,8H2. The zero-order valence-electron chi connectivity index (χ0n) is 10.6. The monoisotopic (exact) mass is 298 g/mol. The summed E-state index contributed by atoms with van der Waals surface area (Å²) in [4.78, 5) is 6.88. The molecule has 2 nitrogen and oxygen atoms in total. The highest BCUT2D eigenvalue weighted by molar-refractivity contribution is 7.10. The summed E-state index contributed by atoms with van der Waals surface area (Å²) in [6.45, 7) is 0.614. The normalized spacial score (nSPS) is 19.6. The van der Waals surface area contributed by atoms with Crippen LogP contribution in [0.25, 0.3) is 0 Å². The maximum atomic E-state index is 13.1. The third kappa shape index (κ3) is 2.40. The fraction of sp³-hybridized carbons (Fsp3) is 0.357. The molecule has 6 heteroatoms. The number of nitrogens with zero attached hydrogens (tertiary/aromatic N) is 2. The Labute approximate surface area is 118 Å². The van der Waals surface area contributed by atoms with Crippen molar-refractivity contribution < 1.29 is 13.2 Å². The van der Waals surface area contributed by atoms with Crippen LogP contribution in [0.5, 0.6) is 0 Å². The maximum absolute atomic E-state index is 13.1. The molecule has 0 amide bonds. The molecule has 0 aliphatic carbocycles. The van der Waals surface area contributed by atoms with E-state index < -0.39 is 11.7 Å². The van der Waals surface area contributed by atoms with Gasteiger partial charge in [0.15, 0.2) is 0 Å². The van der Waals surface area contributed by atoms with Crippen molar-refractivity contribution in [1.29, 1.82) is 0 Å². The molecule has 0 spiro atoms. The lowest BCUT2D eigenvalue weighted by atomic mass is 10.1. The summed E-state index contributed by atoms with van der Waals surface area (Å²) < 4.78 is 39.3. The fourth-order valence-corrected chi connectivity index (χ4v) is 3.52. The quantitative estimate of drug-likeness (QED) is 0.811. The highest BCUT2D eigenvalue weighted by Crippen LogP contribution is 2.42. The molecule has 3 rings (SSSR count). The van der Waals surface area contributed by atoms with Crippen molar-refractivity contribution in [3.05, 3.63) is 46.3 Å². The van der Waals surface area contributed by atoms with E-state index in [1.165, 1.54) is 12.3 Å². The first-order chi connectivity index (χ1) is 9.57. The first-order valence-electron chi connectivity index (χ1n) is 6.39. The Morgan fingerprint density at radius 3 is 2.80 bits per heavy atom. The number of aromatic nitrogens is 1. The van der Waals surface area contributed by atoms with Crippen molar-refractivity contribution in [2.75, 3.05) is 11.4 Å². The number of thiophene rings is 1. The molecule has 2 aromatic heterocycles. The van der Waals surface area contributed by atoms with E-state index in [9.17, 15) is 13.2 Å². The van der Waals surface area contributed by atoms with Gasteiger partial charge in [-0.3, -0.25) is 0 Å². The van der Waals surface area contributed by atoms with E-state index in [1.54, 1.807) is 16.2 Å². The highest BCUT2D eigenvalue weighted by Gasteiger charge is 2.38. The van der Waals surface area contributed by atoms with Crippen LogP contribution < -0.4 is 4.90 Å². The third-order valence-electron chi connectivity index (χ3n) is 3.49. The first kappa shape index (κ1) is 13.4. The molecular weight excluding hydrogens is 285 g/mol. The largest absolute Gasteiger partial charge is 0.419 e. The van der Waals surface area contributed by atoms with Crippen LogP contribution in [0.3, 0.4) is 0 Å². The van der Waals surface area contributed by atoms with Crippen molar-refractivity contribution >= 4 is 17.2 Å². The lowest BCUT2D eigenvalue weighted by molar-refractivity contribution is -0.137. The Kier molecular flexibility index (Phi) is 3.41. The van der Waals surface area contributed by atoms with Gasteiger partial charge in [0.25, 0.3) is 0 Å². The van der Waals surface area contributed by atoms with E-state index in [0.29, 0.717) is 6.54 Å². The van der Waals surface area contributed by atoms with Gasteiger partial charge in [-0.05, 0) is 36.4 Å². The molecule has 0 radical (unpaired) electrons. The van der Waals surface area contributed by atoms with Crippen molar-refractivity contribution in [2.24, 2.45) is 0 Å². The topological polar surface area (TPSA) is 16.1 Å². The Hall–Kier alpha value is -1.56. The second kappa shape index (κ2) is 5.09. The highest BCUT2D eigenvalue weighted by atomic mass is 32.1. The van der Waals surface area contributed by atoms with E-state index in [-0.39, 0.29) is 11.9 Å². The Morgan fingerprint density at radius 1 is 1.25 bits per heavy atom.